The molecule has 5 rings (SSSR count). The number of amides is 1. The molecule has 1 aliphatic rings. The molecule has 1 amide bonds. The van der Waals surface area contributed by atoms with Gasteiger partial charge in [0.1, 0.15) is 4.60 Å². The Labute approximate surface area is 215 Å². The number of aliphatic carboxylic acids is 1. The zero-order valence-corrected chi connectivity index (χ0v) is 21.5. The van der Waals surface area contributed by atoms with Gasteiger partial charge in [-0.15, -0.1) is 0 Å². The molecule has 1 aromatic carbocycles. The summed E-state index contributed by atoms with van der Waals surface area (Å²) >= 11 is 3.52. The number of nitrogens with one attached hydrogen (secondary N) is 2. The summed E-state index contributed by atoms with van der Waals surface area (Å²) in [5, 5.41) is 21.7. The molecule has 0 unspecified atom stereocenters. The second-order valence-corrected chi connectivity index (χ2v) is 10.2. The van der Waals surface area contributed by atoms with Gasteiger partial charge in [-0.05, 0) is 65.4 Å². The molecule has 0 spiro atoms. The Hall–Kier alpha value is -3.60. The van der Waals surface area contributed by atoms with Crippen LogP contribution in [-0.4, -0.2) is 54.8 Å². The van der Waals surface area contributed by atoms with Crippen LogP contribution in [-0.2, 0) is 16.0 Å². The summed E-state index contributed by atoms with van der Waals surface area (Å²) in [5.41, 5.74) is 2.56. The lowest BCUT2D eigenvalue weighted by molar-refractivity contribution is -0.137. The molecule has 3 aromatic heterocycles. The number of pyridine rings is 1. The molecule has 0 bridgehead atoms. The number of fused-ring (bicyclic) bond motifs is 2. The van der Waals surface area contributed by atoms with Gasteiger partial charge in [-0.2, -0.15) is 10.1 Å². The Balaban J connectivity index is 1.51. The Bertz CT molecular complexity index is 1490. The van der Waals surface area contributed by atoms with Crippen LogP contribution >= 0.6 is 15.9 Å². The van der Waals surface area contributed by atoms with E-state index in [1.54, 1.807) is 24.1 Å². The van der Waals surface area contributed by atoms with Crippen molar-refractivity contribution in [1.82, 2.24) is 30.0 Å². The number of benzene rings is 1. The first-order valence-electron chi connectivity index (χ1n) is 11.8. The first-order chi connectivity index (χ1) is 17.3. The minimum atomic E-state index is -0.861. The maximum Gasteiger partial charge on any atom is 0.303 e. The summed E-state index contributed by atoms with van der Waals surface area (Å²) in [6.45, 7) is 1.99. The first kappa shape index (κ1) is 24.1. The van der Waals surface area contributed by atoms with Crippen molar-refractivity contribution in [3.05, 3.63) is 46.8 Å². The fourth-order valence-electron chi connectivity index (χ4n) is 4.98. The molecule has 36 heavy (non-hydrogen) atoms. The average molecular weight is 552 g/mol. The van der Waals surface area contributed by atoms with Crippen LogP contribution in [0, 0.1) is 5.41 Å². The largest absolute Gasteiger partial charge is 0.481 e. The van der Waals surface area contributed by atoms with Gasteiger partial charge >= 0.3 is 5.97 Å². The summed E-state index contributed by atoms with van der Waals surface area (Å²) in [4.78, 5) is 37.2. The molecule has 0 aliphatic heterocycles. The molecule has 3 heterocycles. The summed E-state index contributed by atoms with van der Waals surface area (Å²) in [6.07, 6.45) is 6.12. The first-order valence-corrected chi connectivity index (χ1v) is 12.6. The van der Waals surface area contributed by atoms with Crippen LogP contribution in [0.5, 0.6) is 0 Å². The number of nitrogens with zero attached hydrogens (tertiary/aromatic N) is 5. The molecular formula is C25H26BrN7O3. The number of halogens is 1. The zero-order chi connectivity index (χ0) is 25.4. The second kappa shape index (κ2) is 9.45. The Morgan fingerprint density at radius 1 is 1.31 bits per heavy atom. The number of aryl methyl sites for hydroxylation is 1. The van der Waals surface area contributed by atoms with Crippen LogP contribution in [0.3, 0.4) is 0 Å². The van der Waals surface area contributed by atoms with Gasteiger partial charge in [0, 0.05) is 42.7 Å². The van der Waals surface area contributed by atoms with E-state index in [4.69, 9.17) is 4.98 Å². The van der Waals surface area contributed by atoms with Crippen molar-refractivity contribution in [3.8, 4) is 5.69 Å². The summed E-state index contributed by atoms with van der Waals surface area (Å²) in [7, 11) is 1.67. The predicted molar refractivity (Wildman–Crippen MR) is 139 cm³/mol. The zero-order valence-electron chi connectivity index (χ0n) is 20.0. The standard InChI is InChI=1S/C25H26BrN7O3/c1-25(23(36)27-2)8-7-16(12-25)30-24-29-13-18-21(26)32-33(22(18)31-24)17-10-14-4-3-9-28-20(14)15(11-17)5-6-19(34)35/h3-4,9-11,13,16H,5-8,12H2,1-2H3,(H,27,36)(H,34,35)(H,29,30,31)/t16-,25-/m1/s1. The van der Waals surface area contributed by atoms with Crippen molar-refractivity contribution in [2.75, 3.05) is 12.4 Å². The second-order valence-electron chi connectivity index (χ2n) is 9.43. The molecule has 11 heteroatoms. The molecule has 10 nitrogen and oxygen atoms in total. The molecule has 3 N–H and O–H groups in total. The van der Waals surface area contributed by atoms with E-state index in [-0.39, 0.29) is 18.4 Å². The summed E-state index contributed by atoms with van der Waals surface area (Å²) < 4.78 is 2.34. The summed E-state index contributed by atoms with van der Waals surface area (Å²) in [5.74, 6) is -0.342. The van der Waals surface area contributed by atoms with Crippen molar-refractivity contribution in [1.29, 1.82) is 0 Å². The van der Waals surface area contributed by atoms with Gasteiger partial charge in [0.2, 0.25) is 11.9 Å². The highest BCUT2D eigenvalue weighted by atomic mass is 79.9. The third-order valence-electron chi connectivity index (χ3n) is 6.85. The van der Waals surface area contributed by atoms with E-state index in [2.05, 4.69) is 41.6 Å². The van der Waals surface area contributed by atoms with Gasteiger partial charge in [-0.25, -0.2) is 9.67 Å². The Kier molecular flexibility index (Phi) is 6.33. The smallest absolute Gasteiger partial charge is 0.303 e. The van der Waals surface area contributed by atoms with E-state index in [0.29, 0.717) is 29.0 Å². The quantitative estimate of drug-likeness (QED) is 0.315. The number of anilines is 1. The summed E-state index contributed by atoms with van der Waals surface area (Å²) in [6, 6.07) is 7.76. The van der Waals surface area contributed by atoms with E-state index in [1.807, 2.05) is 31.2 Å². The Morgan fingerprint density at radius 3 is 2.92 bits per heavy atom. The maximum atomic E-state index is 12.3. The number of carboxylic acids is 1. The van der Waals surface area contributed by atoms with Gasteiger partial charge < -0.3 is 15.7 Å². The lowest BCUT2D eigenvalue weighted by Gasteiger charge is -2.22. The van der Waals surface area contributed by atoms with E-state index < -0.39 is 11.4 Å². The molecule has 1 aliphatic carbocycles. The Morgan fingerprint density at radius 2 is 2.14 bits per heavy atom. The fourth-order valence-corrected chi connectivity index (χ4v) is 5.42. The number of carboxylic acid groups (broad SMARTS) is 1. The van der Waals surface area contributed by atoms with Crippen molar-refractivity contribution in [2.24, 2.45) is 5.41 Å². The van der Waals surface area contributed by atoms with E-state index in [9.17, 15) is 14.7 Å². The van der Waals surface area contributed by atoms with Gasteiger partial charge in [0.15, 0.2) is 5.65 Å². The number of hydrogen-bond acceptors (Lipinski definition) is 7. The molecule has 4 aromatic rings. The van der Waals surface area contributed by atoms with Gasteiger partial charge in [0.25, 0.3) is 0 Å². The van der Waals surface area contributed by atoms with Crippen molar-refractivity contribution in [3.63, 3.8) is 0 Å². The number of hydrogen-bond donors (Lipinski definition) is 3. The van der Waals surface area contributed by atoms with Crippen LogP contribution in [0.25, 0.3) is 27.6 Å². The van der Waals surface area contributed by atoms with Crippen molar-refractivity contribution < 1.29 is 14.7 Å². The third kappa shape index (κ3) is 4.50. The normalized spacial score (nSPS) is 19.6. The monoisotopic (exact) mass is 551 g/mol. The lowest BCUT2D eigenvalue weighted by Crippen LogP contribution is -2.35. The minimum Gasteiger partial charge on any atom is -0.481 e. The molecule has 1 fully saturated rings. The number of carbonyl (C=O) groups is 2. The third-order valence-corrected chi connectivity index (χ3v) is 7.44. The number of rotatable bonds is 7. The van der Waals surface area contributed by atoms with Gasteiger partial charge in [0.05, 0.1) is 16.6 Å². The number of carbonyl (C=O) groups excluding carboxylic acids is 1. The van der Waals surface area contributed by atoms with Gasteiger partial charge in [-0.3, -0.25) is 14.6 Å². The van der Waals surface area contributed by atoms with Gasteiger partial charge in [-0.1, -0.05) is 13.0 Å². The maximum absolute atomic E-state index is 12.3. The van der Waals surface area contributed by atoms with Crippen LogP contribution in [0.2, 0.25) is 0 Å². The SMILES string of the molecule is CNC(=O)[C@]1(C)CC[C@@H](Nc2ncc3c(Br)nn(-c4cc(CCC(=O)O)c5ncccc5c4)c3n2)C1. The van der Waals surface area contributed by atoms with Crippen molar-refractivity contribution >= 4 is 55.7 Å². The van der Waals surface area contributed by atoms with E-state index in [0.717, 1.165) is 40.4 Å². The minimum absolute atomic E-state index is 0.00524. The number of aromatic nitrogens is 5. The van der Waals surface area contributed by atoms with Crippen LogP contribution < -0.4 is 10.6 Å². The predicted octanol–water partition coefficient (Wildman–Crippen LogP) is 3.86. The fraction of sp³-hybridized carbons (Fsp3) is 0.360. The molecule has 0 saturated heterocycles. The highest BCUT2D eigenvalue weighted by Gasteiger charge is 2.41. The highest BCUT2D eigenvalue weighted by molar-refractivity contribution is 9.10. The highest BCUT2D eigenvalue weighted by Crippen LogP contribution is 2.39. The molecule has 0 radical (unpaired) electrons. The van der Waals surface area contributed by atoms with E-state index in [1.165, 1.54) is 0 Å². The molecule has 1 saturated carbocycles. The lowest BCUT2D eigenvalue weighted by atomic mass is 9.87. The van der Waals surface area contributed by atoms with Crippen LogP contribution in [0.4, 0.5) is 5.95 Å². The molecular weight excluding hydrogens is 526 g/mol. The molecule has 2 atom stereocenters. The van der Waals surface area contributed by atoms with Crippen LogP contribution in [0.1, 0.15) is 38.2 Å². The molecule has 186 valence electrons. The topological polar surface area (TPSA) is 135 Å². The van der Waals surface area contributed by atoms with E-state index >= 15 is 0 Å². The average Bonchev–Trinajstić information content (AvgIpc) is 3.41. The van der Waals surface area contributed by atoms with Crippen molar-refractivity contribution in [2.45, 2.75) is 45.1 Å². The van der Waals surface area contributed by atoms with Crippen LogP contribution in [0.15, 0.2) is 41.3 Å².